The van der Waals surface area contributed by atoms with Gasteiger partial charge in [-0.25, -0.2) is 0 Å². The molecule has 0 aromatic heterocycles. The fraction of sp³-hybridized carbons (Fsp3) is 0.667. The summed E-state index contributed by atoms with van der Waals surface area (Å²) in [5.41, 5.74) is 1.22. The van der Waals surface area contributed by atoms with Crippen LogP contribution in [-0.4, -0.2) is 56.1 Å². The van der Waals surface area contributed by atoms with Crippen LogP contribution < -0.4 is 4.74 Å². The lowest BCUT2D eigenvalue weighted by Crippen LogP contribution is -2.36. The highest BCUT2D eigenvalue weighted by molar-refractivity contribution is 5.27. The van der Waals surface area contributed by atoms with E-state index in [0.29, 0.717) is 19.2 Å². The Kier molecular flexibility index (Phi) is 11.8. The zero-order valence-electron chi connectivity index (χ0n) is 15.0. The average Bonchev–Trinajstić information content (AvgIpc) is 2.53. The Hall–Kier alpha value is -1.10. The van der Waals surface area contributed by atoms with E-state index in [9.17, 15) is 5.11 Å². The third-order valence-corrected chi connectivity index (χ3v) is 3.34. The number of nitrogens with zero attached hydrogens (tertiary/aromatic N) is 1. The highest BCUT2D eigenvalue weighted by atomic mass is 16.5. The summed E-state index contributed by atoms with van der Waals surface area (Å²) in [5.74, 6) is 0.789. The molecule has 1 atom stereocenters. The van der Waals surface area contributed by atoms with E-state index in [4.69, 9.17) is 9.47 Å². The molecule has 4 heteroatoms. The van der Waals surface area contributed by atoms with Crippen LogP contribution in [0, 0.1) is 0 Å². The molecule has 1 aromatic carbocycles. The van der Waals surface area contributed by atoms with E-state index < -0.39 is 6.10 Å². The summed E-state index contributed by atoms with van der Waals surface area (Å²) in [5, 5.41) is 9.92. The van der Waals surface area contributed by atoms with Gasteiger partial charge in [0.1, 0.15) is 18.5 Å². The molecule has 0 bridgehead atoms. The van der Waals surface area contributed by atoms with Crippen molar-refractivity contribution in [1.82, 2.24) is 4.90 Å². The topological polar surface area (TPSA) is 41.9 Å². The van der Waals surface area contributed by atoms with Crippen LogP contribution in [-0.2, 0) is 11.2 Å². The second-order valence-electron chi connectivity index (χ2n) is 5.38. The quantitative estimate of drug-likeness (QED) is 0.761. The van der Waals surface area contributed by atoms with E-state index in [0.717, 1.165) is 18.8 Å². The van der Waals surface area contributed by atoms with Crippen LogP contribution in [0.5, 0.6) is 5.75 Å². The molecule has 4 nitrogen and oxygen atoms in total. The maximum absolute atomic E-state index is 9.92. The summed E-state index contributed by atoms with van der Waals surface area (Å²) in [6.07, 6.45) is 0.425. The van der Waals surface area contributed by atoms with Gasteiger partial charge in [0, 0.05) is 19.7 Å². The number of methoxy groups -OCH3 is 1. The number of benzene rings is 1. The van der Waals surface area contributed by atoms with Gasteiger partial charge < -0.3 is 19.5 Å². The minimum Gasteiger partial charge on any atom is -0.491 e. The summed E-state index contributed by atoms with van der Waals surface area (Å²) < 4.78 is 10.6. The van der Waals surface area contributed by atoms with Crippen molar-refractivity contribution in [3.63, 3.8) is 0 Å². The fourth-order valence-electron chi connectivity index (χ4n) is 1.76. The minimum atomic E-state index is -0.476. The maximum Gasteiger partial charge on any atom is 0.119 e. The summed E-state index contributed by atoms with van der Waals surface area (Å²) in [4.78, 5) is 2.10. The normalized spacial score (nSPS) is 12.0. The van der Waals surface area contributed by atoms with Crippen LogP contribution in [0.4, 0.5) is 0 Å². The number of hydrogen-bond donors (Lipinski definition) is 1. The number of hydrogen-bond acceptors (Lipinski definition) is 4. The predicted molar refractivity (Wildman–Crippen MR) is 92.6 cm³/mol. The number of aliphatic hydroxyl groups excluding tert-OH is 1. The van der Waals surface area contributed by atoms with Gasteiger partial charge in [-0.2, -0.15) is 0 Å². The Morgan fingerprint density at radius 1 is 1.14 bits per heavy atom. The Bertz CT molecular complexity index is 365. The van der Waals surface area contributed by atoms with Gasteiger partial charge in [-0.05, 0) is 45.0 Å². The molecule has 0 aliphatic heterocycles. The molecule has 0 aliphatic carbocycles. The first kappa shape index (κ1) is 20.9. The average molecular weight is 311 g/mol. The Labute approximate surface area is 136 Å². The fourth-order valence-corrected chi connectivity index (χ4v) is 1.76. The lowest BCUT2D eigenvalue weighted by molar-refractivity contribution is 0.0678. The Balaban J connectivity index is 0.00000211. The first-order valence-corrected chi connectivity index (χ1v) is 8.12. The van der Waals surface area contributed by atoms with Gasteiger partial charge in [0.25, 0.3) is 0 Å². The molecule has 0 saturated heterocycles. The summed E-state index contributed by atoms with van der Waals surface area (Å²) in [6.45, 7) is 9.86. The van der Waals surface area contributed by atoms with E-state index in [-0.39, 0.29) is 0 Å². The van der Waals surface area contributed by atoms with E-state index >= 15 is 0 Å². The van der Waals surface area contributed by atoms with Crippen LogP contribution in [0.3, 0.4) is 0 Å². The van der Waals surface area contributed by atoms with Crippen molar-refractivity contribution in [3.8, 4) is 5.75 Å². The van der Waals surface area contributed by atoms with Gasteiger partial charge >= 0.3 is 0 Å². The van der Waals surface area contributed by atoms with Crippen molar-refractivity contribution in [1.29, 1.82) is 0 Å². The van der Waals surface area contributed by atoms with Crippen molar-refractivity contribution in [2.75, 3.05) is 33.9 Å². The largest absolute Gasteiger partial charge is 0.491 e. The Morgan fingerprint density at radius 2 is 1.73 bits per heavy atom. The first-order chi connectivity index (χ1) is 10.5. The zero-order chi connectivity index (χ0) is 17.0. The summed E-state index contributed by atoms with van der Waals surface area (Å²) in [6, 6.07) is 8.35. The predicted octanol–water partition coefficient (Wildman–Crippen LogP) is 2.98. The van der Waals surface area contributed by atoms with Crippen LogP contribution >= 0.6 is 0 Å². The van der Waals surface area contributed by atoms with E-state index in [1.807, 2.05) is 45.2 Å². The molecule has 0 spiro atoms. The smallest absolute Gasteiger partial charge is 0.119 e. The van der Waals surface area contributed by atoms with Crippen LogP contribution in [0.2, 0.25) is 0 Å². The third-order valence-electron chi connectivity index (χ3n) is 3.34. The van der Waals surface area contributed by atoms with Gasteiger partial charge in [-0.1, -0.05) is 26.0 Å². The zero-order valence-corrected chi connectivity index (χ0v) is 15.0. The molecule has 1 N–H and O–H groups in total. The standard InChI is InChI=1S/C16H27NO3.C2H6/c1-13(2)17(3)11-15(18)12-20-16-7-5-14(6-8-16)9-10-19-4;1-2/h5-8,13,15,18H,9-12H2,1-4H3;1-2H3. The monoisotopic (exact) mass is 311 g/mol. The third kappa shape index (κ3) is 9.03. The van der Waals surface area contributed by atoms with Gasteiger partial charge in [0.05, 0.1) is 6.61 Å². The molecule has 22 heavy (non-hydrogen) atoms. The van der Waals surface area contributed by atoms with E-state index in [1.165, 1.54) is 5.56 Å². The summed E-state index contributed by atoms with van der Waals surface area (Å²) >= 11 is 0. The number of likely N-dealkylation sites (N-methyl/N-ethyl adjacent to an activating group) is 1. The molecule has 0 heterocycles. The first-order valence-electron chi connectivity index (χ1n) is 8.12. The van der Waals surface area contributed by atoms with Gasteiger partial charge in [-0.15, -0.1) is 0 Å². The molecule has 0 radical (unpaired) electrons. The minimum absolute atomic E-state index is 0.314. The number of aliphatic hydroxyl groups is 1. The SMILES string of the molecule is CC.COCCc1ccc(OCC(O)CN(C)C(C)C)cc1. The molecule has 1 unspecified atom stereocenters. The van der Waals surface area contributed by atoms with Crippen LogP contribution in [0.25, 0.3) is 0 Å². The van der Waals surface area contributed by atoms with Crippen molar-refractivity contribution in [2.24, 2.45) is 0 Å². The van der Waals surface area contributed by atoms with Crippen molar-refractivity contribution in [3.05, 3.63) is 29.8 Å². The molecule has 1 aromatic rings. The number of rotatable bonds is 9. The maximum atomic E-state index is 9.92. The Morgan fingerprint density at radius 3 is 2.23 bits per heavy atom. The molecule has 0 saturated carbocycles. The molecule has 1 rings (SSSR count). The summed E-state index contributed by atoms with van der Waals surface area (Å²) in [7, 11) is 3.70. The van der Waals surface area contributed by atoms with Gasteiger partial charge in [0.2, 0.25) is 0 Å². The molecular weight excluding hydrogens is 278 g/mol. The lowest BCUT2D eigenvalue weighted by Gasteiger charge is -2.24. The van der Waals surface area contributed by atoms with Gasteiger partial charge in [-0.3, -0.25) is 0 Å². The molecule has 128 valence electrons. The van der Waals surface area contributed by atoms with Crippen LogP contribution in [0.15, 0.2) is 24.3 Å². The van der Waals surface area contributed by atoms with Crippen molar-refractivity contribution < 1.29 is 14.6 Å². The molecule has 0 fully saturated rings. The van der Waals surface area contributed by atoms with Crippen LogP contribution in [0.1, 0.15) is 33.3 Å². The van der Waals surface area contributed by atoms with E-state index in [2.05, 4.69) is 18.7 Å². The van der Waals surface area contributed by atoms with Crippen molar-refractivity contribution >= 4 is 0 Å². The lowest BCUT2D eigenvalue weighted by atomic mass is 10.1. The van der Waals surface area contributed by atoms with E-state index in [1.54, 1.807) is 7.11 Å². The van der Waals surface area contributed by atoms with Gasteiger partial charge in [0.15, 0.2) is 0 Å². The highest BCUT2D eigenvalue weighted by Crippen LogP contribution is 2.13. The van der Waals surface area contributed by atoms with Crippen molar-refractivity contribution in [2.45, 2.75) is 46.3 Å². The second kappa shape index (κ2) is 12.4. The number of ether oxygens (including phenoxy) is 2. The highest BCUT2D eigenvalue weighted by Gasteiger charge is 2.11. The molecular formula is C18H33NO3. The second-order valence-corrected chi connectivity index (χ2v) is 5.38. The molecule has 0 aliphatic rings. The molecule has 0 amide bonds.